The minimum absolute atomic E-state index is 0.0105. The van der Waals surface area contributed by atoms with Crippen LogP contribution in [0.25, 0.3) is 10.9 Å². The largest absolute Gasteiger partial charge is 0.486 e. The molecule has 0 aliphatic heterocycles. The number of benzene rings is 2. The number of aromatic nitrogens is 2. The van der Waals surface area contributed by atoms with E-state index in [1.165, 1.54) is 24.5 Å². The van der Waals surface area contributed by atoms with Gasteiger partial charge in [-0.1, -0.05) is 17.7 Å². The Morgan fingerprint density at radius 3 is 2.76 bits per heavy atom. The molecule has 0 bridgehead atoms. The van der Waals surface area contributed by atoms with E-state index in [2.05, 4.69) is 20.6 Å². The van der Waals surface area contributed by atoms with Crippen molar-refractivity contribution in [2.45, 2.75) is 13.0 Å². The second-order valence-corrected chi connectivity index (χ2v) is 8.29. The number of hydrogen-bond donors (Lipinski definition) is 2. The Balaban J connectivity index is 1.99. The van der Waals surface area contributed by atoms with E-state index in [0.717, 1.165) is 0 Å². The Hall–Kier alpha value is -3.27. The molecule has 1 heterocycles. The van der Waals surface area contributed by atoms with Crippen LogP contribution >= 0.6 is 11.6 Å². The molecule has 2 aromatic carbocycles. The Morgan fingerprint density at radius 2 is 2.06 bits per heavy atom. The third-order valence-electron chi connectivity index (χ3n) is 4.65. The minimum Gasteiger partial charge on any atom is -0.486 e. The molecule has 1 amide bonds. The van der Waals surface area contributed by atoms with Crippen LogP contribution in [0.1, 0.15) is 6.92 Å². The van der Waals surface area contributed by atoms with Crippen molar-refractivity contribution in [3.63, 3.8) is 0 Å². The first-order chi connectivity index (χ1) is 16.3. The van der Waals surface area contributed by atoms with E-state index in [9.17, 15) is 9.18 Å². The highest BCUT2D eigenvalue weighted by molar-refractivity contribution is 6.31. The summed E-state index contributed by atoms with van der Waals surface area (Å²) in [7, 11) is 5.42. The number of hydrogen-bond acceptors (Lipinski definition) is 7. The SMILES string of the molecule is COC[C@@H](C)Oc1cc2ncnc(Nc3ccc(F)c(Cl)c3)c2cc1NC(=O)/C=C/CN(C)C. The second kappa shape index (κ2) is 11.7. The van der Waals surface area contributed by atoms with Crippen LogP contribution in [0.5, 0.6) is 5.75 Å². The molecular formula is C24H27ClFN5O3. The molecule has 0 aliphatic rings. The summed E-state index contributed by atoms with van der Waals surface area (Å²) in [4.78, 5) is 23.1. The first kappa shape index (κ1) is 25.4. The van der Waals surface area contributed by atoms with Gasteiger partial charge in [0.15, 0.2) is 0 Å². The number of nitrogens with zero attached hydrogens (tertiary/aromatic N) is 3. The van der Waals surface area contributed by atoms with Crippen LogP contribution in [0.2, 0.25) is 5.02 Å². The van der Waals surface area contributed by atoms with Crippen molar-refractivity contribution in [1.82, 2.24) is 14.9 Å². The Labute approximate surface area is 202 Å². The van der Waals surface area contributed by atoms with Gasteiger partial charge in [-0.3, -0.25) is 4.79 Å². The summed E-state index contributed by atoms with van der Waals surface area (Å²) in [6.45, 7) is 2.86. The lowest BCUT2D eigenvalue weighted by Crippen LogP contribution is -2.19. The lowest BCUT2D eigenvalue weighted by molar-refractivity contribution is -0.111. The molecule has 1 atom stereocenters. The van der Waals surface area contributed by atoms with E-state index >= 15 is 0 Å². The van der Waals surface area contributed by atoms with Crippen molar-refractivity contribution in [2.24, 2.45) is 0 Å². The van der Waals surface area contributed by atoms with Crippen LogP contribution in [0.3, 0.4) is 0 Å². The molecule has 0 aliphatic carbocycles. The van der Waals surface area contributed by atoms with E-state index in [1.807, 2.05) is 25.9 Å². The minimum atomic E-state index is -0.515. The van der Waals surface area contributed by atoms with Crippen LogP contribution in [0.15, 0.2) is 48.8 Å². The Kier molecular flexibility index (Phi) is 8.75. The molecule has 8 nitrogen and oxygen atoms in total. The van der Waals surface area contributed by atoms with Crippen LogP contribution in [0.4, 0.5) is 21.6 Å². The molecule has 34 heavy (non-hydrogen) atoms. The van der Waals surface area contributed by atoms with Gasteiger partial charge in [-0.05, 0) is 45.3 Å². The molecule has 1 aromatic heterocycles. The van der Waals surface area contributed by atoms with E-state index < -0.39 is 5.82 Å². The summed E-state index contributed by atoms with van der Waals surface area (Å²) in [5, 5.41) is 6.61. The number of carbonyl (C=O) groups excluding carboxylic acids is 1. The number of fused-ring (bicyclic) bond motifs is 1. The fourth-order valence-electron chi connectivity index (χ4n) is 3.12. The van der Waals surface area contributed by atoms with Gasteiger partial charge in [0.2, 0.25) is 5.91 Å². The maximum absolute atomic E-state index is 13.5. The van der Waals surface area contributed by atoms with Crippen LogP contribution < -0.4 is 15.4 Å². The first-order valence-electron chi connectivity index (χ1n) is 10.6. The lowest BCUT2D eigenvalue weighted by Gasteiger charge is -2.18. The monoisotopic (exact) mass is 487 g/mol. The zero-order chi connectivity index (χ0) is 24.7. The quantitative estimate of drug-likeness (QED) is 0.403. The van der Waals surface area contributed by atoms with Gasteiger partial charge in [0.1, 0.15) is 29.8 Å². The normalized spacial score (nSPS) is 12.3. The van der Waals surface area contributed by atoms with Gasteiger partial charge in [0, 0.05) is 36.9 Å². The molecule has 180 valence electrons. The summed E-state index contributed by atoms with van der Waals surface area (Å²) in [5.41, 5.74) is 1.59. The predicted molar refractivity (Wildman–Crippen MR) is 133 cm³/mol. The average Bonchev–Trinajstić information content (AvgIpc) is 2.77. The van der Waals surface area contributed by atoms with Crippen molar-refractivity contribution in [3.05, 3.63) is 59.7 Å². The standard InChI is InChI=1S/C24H27ClFN5O3/c1-15(13-33-4)34-22-12-20-17(11-21(22)30-23(32)6-5-9-31(2)3)24(28-14-27-20)29-16-7-8-19(26)18(25)10-16/h5-8,10-12,14-15H,9,13H2,1-4H3,(H,30,32)(H,27,28,29)/b6-5+/t15-/m1/s1. The summed E-state index contributed by atoms with van der Waals surface area (Å²) in [5.74, 6) is 0.0878. The van der Waals surface area contributed by atoms with Crippen LogP contribution in [0, 0.1) is 5.82 Å². The van der Waals surface area contributed by atoms with Crippen molar-refractivity contribution in [2.75, 3.05) is 45.0 Å². The van der Waals surface area contributed by atoms with E-state index in [-0.39, 0.29) is 17.0 Å². The number of amides is 1. The first-order valence-corrected chi connectivity index (χ1v) is 10.9. The highest BCUT2D eigenvalue weighted by Gasteiger charge is 2.15. The lowest BCUT2D eigenvalue weighted by atomic mass is 10.1. The number of carbonyl (C=O) groups is 1. The fraction of sp³-hybridized carbons (Fsp3) is 0.292. The van der Waals surface area contributed by atoms with Crippen molar-refractivity contribution < 1.29 is 18.7 Å². The fourth-order valence-corrected chi connectivity index (χ4v) is 3.30. The number of likely N-dealkylation sites (N-methyl/N-ethyl adjacent to an activating group) is 1. The van der Waals surface area contributed by atoms with Gasteiger partial charge in [-0.15, -0.1) is 0 Å². The summed E-state index contributed by atoms with van der Waals surface area (Å²) in [6, 6.07) is 7.74. The summed E-state index contributed by atoms with van der Waals surface area (Å²) >= 11 is 5.91. The molecule has 0 fully saturated rings. The van der Waals surface area contributed by atoms with E-state index in [4.69, 9.17) is 21.1 Å². The van der Waals surface area contributed by atoms with Gasteiger partial charge < -0.3 is 25.0 Å². The van der Waals surface area contributed by atoms with Crippen LogP contribution in [-0.4, -0.2) is 61.2 Å². The maximum Gasteiger partial charge on any atom is 0.248 e. The number of rotatable bonds is 10. The molecule has 0 radical (unpaired) electrons. The van der Waals surface area contributed by atoms with Gasteiger partial charge >= 0.3 is 0 Å². The highest BCUT2D eigenvalue weighted by atomic mass is 35.5. The second-order valence-electron chi connectivity index (χ2n) is 7.88. The van der Waals surface area contributed by atoms with Gasteiger partial charge in [0.25, 0.3) is 0 Å². The van der Waals surface area contributed by atoms with Crippen LogP contribution in [-0.2, 0) is 9.53 Å². The maximum atomic E-state index is 13.5. The third-order valence-corrected chi connectivity index (χ3v) is 4.94. The van der Waals surface area contributed by atoms with Gasteiger partial charge in [-0.25, -0.2) is 14.4 Å². The predicted octanol–water partition coefficient (Wildman–Crippen LogP) is 4.64. The zero-order valence-electron chi connectivity index (χ0n) is 19.4. The summed E-state index contributed by atoms with van der Waals surface area (Å²) in [6.07, 6.45) is 4.37. The number of ether oxygens (including phenoxy) is 2. The third kappa shape index (κ3) is 6.86. The van der Waals surface area contributed by atoms with Crippen molar-refractivity contribution >= 4 is 45.6 Å². The molecule has 10 heteroatoms. The number of nitrogens with one attached hydrogen (secondary N) is 2. The molecule has 0 unspecified atom stereocenters. The Bertz CT molecular complexity index is 1190. The van der Waals surface area contributed by atoms with Crippen molar-refractivity contribution in [1.29, 1.82) is 0 Å². The van der Waals surface area contributed by atoms with Crippen molar-refractivity contribution in [3.8, 4) is 5.75 Å². The van der Waals surface area contributed by atoms with Gasteiger partial charge in [-0.2, -0.15) is 0 Å². The van der Waals surface area contributed by atoms with Gasteiger partial charge in [0.05, 0.1) is 22.8 Å². The highest BCUT2D eigenvalue weighted by Crippen LogP contribution is 2.34. The topological polar surface area (TPSA) is 88.6 Å². The molecule has 3 aromatic rings. The molecule has 0 saturated heterocycles. The Morgan fingerprint density at radius 1 is 1.26 bits per heavy atom. The number of methoxy groups -OCH3 is 1. The molecular weight excluding hydrogens is 461 g/mol. The molecule has 0 spiro atoms. The van der Waals surface area contributed by atoms with E-state index in [1.54, 1.807) is 31.4 Å². The number of anilines is 3. The average molecular weight is 488 g/mol. The molecule has 0 saturated carbocycles. The number of halogens is 2. The smallest absolute Gasteiger partial charge is 0.248 e. The summed E-state index contributed by atoms with van der Waals surface area (Å²) < 4.78 is 24.7. The molecule has 2 N–H and O–H groups in total. The molecule has 3 rings (SSSR count). The van der Waals surface area contributed by atoms with E-state index in [0.29, 0.717) is 47.0 Å². The zero-order valence-corrected chi connectivity index (χ0v) is 20.2.